The lowest BCUT2D eigenvalue weighted by Crippen LogP contribution is -2.34. The second-order valence-corrected chi connectivity index (χ2v) is 9.05. The van der Waals surface area contributed by atoms with E-state index in [4.69, 9.17) is 27.9 Å². The zero-order chi connectivity index (χ0) is 22.1. The summed E-state index contributed by atoms with van der Waals surface area (Å²) in [5.74, 6) is -0.280. The van der Waals surface area contributed by atoms with Crippen LogP contribution in [0.3, 0.4) is 0 Å². The van der Waals surface area contributed by atoms with Crippen LogP contribution in [0.4, 0.5) is 10.5 Å². The quantitative estimate of drug-likeness (QED) is 0.594. The molecule has 0 spiro atoms. The lowest BCUT2D eigenvalue weighted by molar-refractivity contribution is 0.0920. The highest BCUT2D eigenvalue weighted by molar-refractivity contribution is 7.18. The van der Waals surface area contributed by atoms with Gasteiger partial charge in [0.15, 0.2) is 0 Å². The van der Waals surface area contributed by atoms with Crippen LogP contribution < -0.4 is 15.8 Å². The number of aromatic nitrogens is 1. The molecule has 3 aromatic rings. The molecule has 10 heteroatoms. The molecule has 1 aromatic carbocycles. The minimum absolute atomic E-state index is 0.144. The Balaban J connectivity index is 1.46. The predicted molar refractivity (Wildman–Crippen MR) is 121 cm³/mol. The van der Waals surface area contributed by atoms with Gasteiger partial charge in [-0.1, -0.05) is 29.3 Å². The van der Waals surface area contributed by atoms with Gasteiger partial charge in [-0.15, -0.1) is 11.3 Å². The number of carbonyl (C=O) groups is 2. The first-order valence-electron chi connectivity index (χ1n) is 9.33. The predicted octanol–water partition coefficient (Wildman–Crippen LogP) is 4.27. The molecule has 0 aliphatic carbocycles. The summed E-state index contributed by atoms with van der Waals surface area (Å²) in [7, 11) is 0. The monoisotopic (exact) mass is 477 g/mol. The molecular formula is C21H17Cl2N3O4S. The van der Waals surface area contributed by atoms with Crippen LogP contribution in [-0.4, -0.2) is 35.8 Å². The van der Waals surface area contributed by atoms with Crippen LogP contribution in [0.1, 0.15) is 15.2 Å². The van der Waals surface area contributed by atoms with Crippen LogP contribution in [0.25, 0.3) is 5.69 Å². The number of carbonyl (C=O) groups excluding carboxylic acids is 2. The number of cyclic esters (lactones) is 1. The first kappa shape index (κ1) is 21.4. The van der Waals surface area contributed by atoms with Crippen LogP contribution >= 0.6 is 34.5 Å². The second-order valence-electron chi connectivity index (χ2n) is 6.93. The van der Waals surface area contributed by atoms with Gasteiger partial charge in [0, 0.05) is 11.8 Å². The van der Waals surface area contributed by atoms with Crippen molar-refractivity contribution >= 4 is 52.2 Å². The Labute approximate surface area is 191 Å². The molecule has 2 aromatic heterocycles. The maximum atomic E-state index is 12.4. The first-order valence-corrected chi connectivity index (χ1v) is 10.9. The number of rotatable bonds is 5. The van der Waals surface area contributed by atoms with Crippen molar-refractivity contribution in [1.29, 1.82) is 0 Å². The molecule has 0 radical (unpaired) electrons. The van der Waals surface area contributed by atoms with E-state index in [2.05, 4.69) is 5.32 Å². The van der Waals surface area contributed by atoms with Crippen LogP contribution in [0.5, 0.6) is 0 Å². The molecule has 4 rings (SSSR count). The molecule has 3 heterocycles. The van der Waals surface area contributed by atoms with Gasteiger partial charge in [-0.2, -0.15) is 0 Å². The molecule has 0 saturated carbocycles. The molecule has 7 nitrogen and oxygen atoms in total. The van der Waals surface area contributed by atoms with Crippen molar-refractivity contribution in [2.45, 2.75) is 13.0 Å². The largest absolute Gasteiger partial charge is 0.442 e. The van der Waals surface area contributed by atoms with Crippen molar-refractivity contribution in [2.24, 2.45) is 0 Å². The Kier molecular flexibility index (Phi) is 6.04. The van der Waals surface area contributed by atoms with E-state index in [9.17, 15) is 14.4 Å². The van der Waals surface area contributed by atoms with Gasteiger partial charge in [0.1, 0.15) is 6.10 Å². The van der Waals surface area contributed by atoms with Gasteiger partial charge in [0.05, 0.1) is 38.7 Å². The fourth-order valence-corrected chi connectivity index (χ4v) is 4.46. The third-order valence-corrected chi connectivity index (χ3v) is 6.33. The first-order chi connectivity index (χ1) is 14.8. The van der Waals surface area contributed by atoms with E-state index < -0.39 is 12.2 Å². The van der Waals surface area contributed by atoms with Crippen LogP contribution in [-0.2, 0) is 4.74 Å². The molecule has 1 saturated heterocycles. The average Bonchev–Trinajstić information content (AvgIpc) is 3.34. The number of ether oxygens (including phenoxy) is 1. The lowest BCUT2D eigenvalue weighted by atomic mass is 10.2. The van der Waals surface area contributed by atoms with Gasteiger partial charge in [-0.05, 0) is 43.3 Å². The molecule has 1 aliphatic rings. The standard InChI is InChI=1S/C21H17Cl2N3O4S/c1-12-3-2-8-25(20(12)28)13-4-5-16(15(22)9-13)26-11-14(30-21(26)29)10-24-19(27)17-6-7-18(23)31-17/h2-9,14H,10-11H2,1H3,(H,24,27)/t14-/m0/s1. The average molecular weight is 478 g/mol. The van der Waals surface area contributed by atoms with Crippen molar-refractivity contribution in [3.8, 4) is 5.69 Å². The Hall–Kier alpha value is -2.81. The van der Waals surface area contributed by atoms with Gasteiger partial charge < -0.3 is 10.1 Å². The fourth-order valence-electron chi connectivity index (χ4n) is 3.22. The Morgan fingerprint density at radius 3 is 2.74 bits per heavy atom. The third kappa shape index (κ3) is 4.46. The number of nitrogens with zero attached hydrogens (tertiary/aromatic N) is 2. The topological polar surface area (TPSA) is 80.6 Å². The lowest BCUT2D eigenvalue weighted by Gasteiger charge is -2.16. The summed E-state index contributed by atoms with van der Waals surface area (Å²) in [5, 5.41) is 3.05. The second kappa shape index (κ2) is 8.74. The Morgan fingerprint density at radius 2 is 2.03 bits per heavy atom. The van der Waals surface area contributed by atoms with E-state index in [1.165, 1.54) is 20.8 Å². The van der Waals surface area contributed by atoms with Gasteiger partial charge in [-0.25, -0.2) is 4.79 Å². The van der Waals surface area contributed by atoms with Gasteiger partial charge in [-0.3, -0.25) is 19.1 Å². The number of amides is 2. The number of thiophene rings is 1. The molecule has 31 heavy (non-hydrogen) atoms. The van der Waals surface area contributed by atoms with Crippen LogP contribution in [0, 0.1) is 6.92 Å². The fraction of sp³-hybridized carbons (Fsp3) is 0.190. The van der Waals surface area contributed by atoms with E-state index in [0.717, 1.165) is 0 Å². The summed E-state index contributed by atoms with van der Waals surface area (Å²) in [6.07, 6.45) is 0.576. The highest BCUT2D eigenvalue weighted by atomic mass is 35.5. The number of aryl methyl sites for hydroxylation is 1. The minimum atomic E-state index is -0.555. The number of halogens is 2. The van der Waals surface area contributed by atoms with E-state index in [1.54, 1.807) is 55.6 Å². The number of anilines is 1. The van der Waals surface area contributed by atoms with E-state index in [1.807, 2.05) is 0 Å². The van der Waals surface area contributed by atoms with E-state index >= 15 is 0 Å². The minimum Gasteiger partial charge on any atom is -0.442 e. The molecule has 1 N–H and O–H groups in total. The van der Waals surface area contributed by atoms with Crippen molar-refractivity contribution in [3.63, 3.8) is 0 Å². The molecule has 1 fully saturated rings. The van der Waals surface area contributed by atoms with Crippen molar-refractivity contribution in [1.82, 2.24) is 9.88 Å². The molecular weight excluding hydrogens is 461 g/mol. The molecule has 160 valence electrons. The molecule has 0 bridgehead atoms. The molecule has 1 atom stereocenters. The number of pyridine rings is 1. The van der Waals surface area contributed by atoms with E-state index in [-0.39, 0.29) is 24.6 Å². The summed E-state index contributed by atoms with van der Waals surface area (Å²) in [6.45, 7) is 2.12. The van der Waals surface area contributed by atoms with Crippen LogP contribution in [0.15, 0.2) is 53.5 Å². The highest BCUT2D eigenvalue weighted by Crippen LogP contribution is 2.31. The number of hydrogen-bond acceptors (Lipinski definition) is 5. The maximum absolute atomic E-state index is 12.4. The van der Waals surface area contributed by atoms with Gasteiger partial charge >= 0.3 is 6.09 Å². The summed E-state index contributed by atoms with van der Waals surface area (Å²) >= 11 is 13.5. The summed E-state index contributed by atoms with van der Waals surface area (Å²) in [6, 6.07) is 11.8. The third-order valence-electron chi connectivity index (χ3n) is 4.80. The Morgan fingerprint density at radius 1 is 1.23 bits per heavy atom. The summed E-state index contributed by atoms with van der Waals surface area (Å²) in [4.78, 5) is 38.8. The zero-order valence-electron chi connectivity index (χ0n) is 16.3. The smallest absolute Gasteiger partial charge is 0.414 e. The molecule has 1 aliphatic heterocycles. The Bertz CT molecular complexity index is 1220. The van der Waals surface area contributed by atoms with Crippen molar-refractivity contribution in [2.75, 3.05) is 18.0 Å². The maximum Gasteiger partial charge on any atom is 0.414 e. The number of benzene rings is 1. The summed E-state index contributed by atoms with van der Waals surface area (Å²) in [5.41, 5.74) is 1.53. The SMILES string of the molecule is Cc1cccn(-c2ccc(N3C[C@H](CNC(=O)c4ccc(Cl)s4)OC3=O)c(Cl)c2)c1=O. The normalized spacial score (nSPS) is 15.8. The molecule has 2 amide bonds. The zero-order valence-corrected chi connectivity index (χ0v) is 18.6. The van der Waals surface area contributed by atoms with Crippen LogP contribution in [0.2, 0.25) is 9.36 Å². The van der Waals surface area contributed by atoms with Crippen molar-refractivity contribution in [3.05, 3.63) is 78.8 Å². The number of hydrogen-bond donors (Lipinski definition) is 1. The van der Waals surface area contributed by atoms with Gasteiger partial charge in [0.2, 0.25) is 0 Å². The number of nitrogens with one attached hydrogen (secondary N) is 1. The van der Waals surface area contributed by atoms with E-state index in [0.29, 0.717) is 31.2 Å². The molecule has 0 unspecified atom stereocenters. The van der Waals surface area contributed by atoms with Crippen molar-refractivity contribution < 1.29 is 14.3 Å². The highest BCUT2D eigenvalue weighted by Gasteiger charge is 2.33. The summed E-state index contributed by atoms with van der Waals surface area (Å²) < 4.78 is 7.37. The van der Waals surface area contributed by atoms with Gasteiger partial charge in [0.25, 0.3) is 11.5 Å².